The zero-order valence-electron chi connectivity index (χ0n) is 33.7. The summed E-state index contributed by atoms with van der Waals surface area (Å²) in [5.74, 6) is 0. The van der Waals surface area contributed by atoms with E-state index in [4.69, 9.17) is 79.8 Å². The van der Waals surface area contributed by atoms with Crippen LogP contribution in [0.4, 0.5) is 0 Å². The second-order valence-corrected chi connectivity index (χ2v) is 18.4. The van der Waals surface area contributed by atoms with Crippen LogP contribution in [0.1, 0.15) is 0 Å². The maximum atomic E-state index is 12.5. The number of ether oxygens (including phenoxy) is 8. The smallest absolute Gasteiger partial charge is 0.376 e. The van der Waals surface area contributed by atoms with Gasteiger partial charge in [0, 0.05) is 21.3 Å². The molecular formula is C21H38O40S8. The predicted molar refractivity (Wildman–Crippen MR) is 202 cm³/mol. The summed E-state index contributed by atoms with van der Waals surface area (Å²) in [5.41, 5.74) is 0. The average molecular weight is 1190 g/mol. The van der Waals surface area contributed by atoms with Crippen molar-refractivity contribution in [1.29, 1.82) is 0 Å². The highest BCUT2D eigenvalue weighted by Crippen LogP contribution is 2.41. The van der Waals surface area contributed by atoms with Gasteiger partial charge >= 0.3 is 41.6 Å². The Balaban J connectivity index is 2.31. The molecule has 3 heterocycles. The zero-order chi connectivity index (χ0) is 51.6. The lowest BCUT2D eigenvalue weighted by molar-refractivity contribution is -0.437. The molecule has 3 fully saturated rings. The first-order chi connectivity index (χ1) is 32.4. The molecule has 69 heavy (non-hydrogen) atoms. The van der Waals surface area contributed by atoms with Gasteiger partial charge in [-0.2, -0.15) is 33.7 Å². The Morgan fingerprint density at radius 3 is 1.09 bits per heavy atom. The van der Waals surface area contributed by atoms with E-state index < -0.39 is 166 Å². The fraction of sp³-hybridized carbons (Fsp3) is 1.00. The van der Waals surface area contributed by atoms with Gasteiger partial charge in [-0.1, -0.05) is 20.2 Å². The molecule has 3 saturated heterocycles. The van der Waals surface area contributed by atoms with Crippen LogP contribution in [0.2, 0.25) is 0 Å². The lowest BCUT2D eigenvalue weighted by Gasteiger charge is -2.50. The molecule has 0 aromatic rings. The zero-order valence-corrected chi connectivity index (χ0v) is 40.2. The van der Waals surface area contributed by atoms with Gasteiger partial charge in [0.15, 0.2) is 80.4 Å². The second kappa shape index (κ2) is 30.5. The monoisotopic (exact) mass is 1190 g/mol. The third-order valence-corrected chi connectivity index (χ3v) is 11.8. The van der Waals surface area contributed by atoms with Crippen LogP contribution in [-0.4, -0.2) is 206 Å². The average Bonchev–Trinajstić information content (AvgIpc) is 3.26. The van der Waals surface area contributed by atoms with Crippen molar-refractivity contribution in [3.63, 3.8) is 0 Å². The van der Waals surface area contributed by atoms with Gasteiger partial charge in [0.25, 0.3) is 0 Å². The van der Waals surface area contributed by atoms with Crippen LogP contribution in [0.25, 0.3) is 0 Å². The minimum absolute atomic E-state index is 0.252. The molecule has 0 bridgehead atoms. The van der Waals surface area contributed by atoms with E-state index in [1.54, 1.807) is 0 Å². The number of methoxy groups -OCH3 is 3. The first-order valence-corrected chi connectivity index (χ1v) is 25.1. The molecule has 0 aliphatic carbocycles. The molecular weight excluding hydrogens is 1150 g/mol. The summed E-state index contributed by atoms with van der Waals surface area (Å²) in [4.78, 5) is 0. The molecule has 0 aromatic carbocycles. The van der Waals surface area contributed by atoms with Crippen LogP contribution < -0.4 is 0 Å². The number of rotatable bonds is 34. The van der Waals surface area contributed by atoms with Crippen LogP contribution in [-0.2, 0) is 150 Å². The van der Waals surface area contributed by atoms with Gasteiger partial charge in [-0.05, 0) is 0 Å². The van der Waals surface area contributed by atoms with Gasteiger partial charge in [-0.3, -0.25) is 34.9 Å². The molecule has 0 radical (unpaired) electrons. The topological polar surface area (TPSA) is 520 Å². The van der Waals surface area contributed by atoms with Crippen LogP contribution in [0.5, 0.6) is 0 Å². The van der Waals surface area contributed by atoms with Gasteiger partial charge in [-0.15, -0.1) is 17.3 Å². The summed E-state index contributed by atoms with van der Waals surface area (Å²) in [7, 11) is -18.8. The number of hydrogen-bond donors (Lipinski definition) is 8. The summed E-state index contributed by atoms with van der Waals surface area (Å²) in [6, 6.07) is 0. The SMILES string of the molecule is COC1[C@H](OC)OC(COS(=O)(=O)O)[C@H](O[C@H]2OC(COS(=O)(=O)O)[C@@H](O[C@H]3OC(COS(=O)(=O)O)[C@@H](OSOOO)C(OSOOO)C3OSOOO)C(OSOOO)C2OS(=O)(=O)O)[C@@H]1OC. The molecule has 0 saturated carbocycles. The van der Waals surface area contributed by atoms with Crippen molar-refractivity contribution in [2.45, 2.75) is 92.1 Å². The van der Waals surface area contributed by atoms with Crippen molar-refractivity contribution < 1.29 is 182 Å². The minimum atomic E-state index is -5.83. The largest absolute Gasteiger partial charge is 0.397 e. The molecule has 48 heteroatoms. The fourth-order valence-corrected chi connectivity index (χ4v) is 8.90. The highest BCUT2D eigenvalue weighted by molar-refractivity contribution is 7.90. The van der Waals surface area contributed by atoms with Crippen molar-refractivity contribution in [3.8, 4) is 0 Å². The second-order valence-electron chi connectivity index (χ2n) is 12.2. The molecule has 3 rings (SSSR count). The highest BCUT2D eigenvalue weighted by Gasteiger charge is 2.59. The molecule has 3 aliphatic rings. The van der Waals surface area contributed by atoms with Gasteiger partial charge in [0.1, 0.15) is 61.0 Å². The van der Waals surface area contributed by atoms with E-state index in [0.29, 0.717) is 0 Å². The van der Waals surface area contributed by atoms with Crippen LogP contribution in [0, 0.1) is 0 Å². The molecule has 0 amide bonds. The first kappa shape index (κ1) is 63.2. The Labute approximate surface area is 404 Å². The summed E-state index contributed by atoms with van der Waals surface area (Å²) >= 11 is -1.27. The van der Waals surface area contributed by atoms with Crippen molar-refractivity contribution in [1.82, 2.24) is 0 Å². The van der Waals surface area contributed by atoms with E-state index in [0.717, 1.165) is 21.3 Å². The molecule has 0 aromatic heterocycles. The van der Waals surface area contributed by atoms with Gasteiger partial charge in [-0.25, -0.2) is 37.8 Å². The third kappa shape index (κ3) is 21.6. The Bertz CT molecular complexity index is 1920. The van der Waals surface area contributed by atoms with E-state index in [2.05, 4.69) is 50.0 Å². The maximum absolute atomic E-state index is 12.5. The fourth-order valence-electron chi connectivity index (χ4n) is 6.04. The maximum Gasteiger partial charge on any atom is 0.397 e. The molecule has 8 unspecified atom stereocenters. The van der Waals surface area contributed by atoms with E-state index in [1.807, 2.05) is 0 Å². The molecule has 15 atom stereocenters. The molecule has 0 spiro atoms. The molecule has 40 nitrogen and oxygen atoms in total. The molecule has 410 valence electrons. The Kier molecular flexibility index (Phi) is 27.9. The third-order valence-electron chi connectivity index (χ3n) is 8.34. The molecule has 8 N–H and O–H groups in total. The number of hydrogen-bond acceptors (Lipinski definition) is 40. The van der Waals surface area contributed by atoms with Crippen molar-refractivity contribution in [3.05, 3.63) is 0 Å². The van der Waals surface area contributed by atoms with Crippen LogP contribution in [0.15, 0.2) is 0 Å². The van der Waals surface area contributed by atoms with Crippen LogP contribution >= 0.6 is 49.3 Å². The lowest BCUT2D eigenvalue weighted by Crippen LogP contribution is -2.68. The van der Waals surface area contributed by atoms with Crippen molar-refractivity contribution in [2.75, 3.05) is 41.2 Å². The molecule has 3 aliphatic heterocycles. The van der Waals surface area contributed by atoms with Crippen molar-refractivity contribution in [2.24, 2.45) is 0 Å². The predicted octanol–water partition coefficient (Wildman–Crippen LogP) is -2.27. The van der Waals surface area contributed by atoms with E-state index in [-0.39, 0.29) is 37.0 Å². The highest BCUT2D eigenvalue weighted by atomic mass is 32.3. The quantitative estimate of drug-likeness (QED) is 0.0111. The van der Waals surface area contributed by atoms with E-state index >= 15 is 0 Å². The summed E-state index contributed by atoms with van der Waals surface area (Å²) in [6.07, 6.45) is -31.1. The summed E-state index contributed by atoms with van der Waals surface area (Å²) in [5, 5.41) is 48.9. The summed E-state index contributed by atoms with van der Waals surface area (Å²) < 4.78 is 236. The minimum Gasteiger partial charge on any atom is -0.376 e. The van der Waals surface area contributed by atoms with E-state index in [9.17, 15) is 51.9 Å². The lowest BCUT2D eigenvalue weighted by atomic mass is 9.96. The Hall–Kier alpha value is -0.0800. The first-order valence-electron chi connectivity index (χ1n) is 17.0. The Morgan fingerprint density at radius 2 is 0.725 bits per heavy atom. The standard InChI is InChI=1S/C21H38O40S8/c1-38-13-10(7(4-41-66(26,27)28)44-19(40-3)16(13)39-2)47-21-18(53-69(35,36)37)14(50-63-59-55-23)11(8(45-21)5-42-67(29,30)31)48-20-17(52-65-61-57-25)15(51-64-60-56-24)12(49-62-58-54-22)9(46-20)6-43-68(32,33)34/h7-25H,4-6H2,1-3H3,(H,26,27,28)(H,29,30,31)(H,32,33,34)(H,35,36,37)/t7?,8?,9?,10-,11+,12+,13-,14?,15?,16?,17?,18?,19+,20+,21+/m0/s1. The van der Waals surface area contributed by atoms with Gasteiger partial charge in [0.05, 0.1) is 19.8 Å². The van der Waals surface area contributed by atoms with Crippen molar-refractivity contribution >= 4 is 90.9 Å². The normalized spacial score (nSPS) is 32.9. The van der Waals surface area contributed by atoms with Gasteiger partial charge < -0.3 is 37.9 Å². The Morgan fingerprint density at radius 1 is 0.391 bits per heavy atom. The van der Waals surface area contributed by atoms with E-state index in [1.165, 1.54) is 0 Å². The van der Waals surface area contributed by atoms with Gasteiger partial charge in [0.2, 0.25) is 0 Å². The van der Waals surface area contributed by atoms with Crippen LogP contribution in [0.3, 0.4) is 0 Å². The summed E-state index contributed by atoms with van der Waals surface area (Å²) in [6.45, 7) is -4.01.